The van der Waals surface area contributed by atoms with Gasteiger partial charge in [-0.15, -0.1) is 0 Å². The van der Waals surface area contributed by atoms with Crippen LogP contribution < -0.4 is 5.32 Å². The average molecular weight is 250 g/mol. The maximum atomic E-state index is 4.37. The molecule has 1 aromatic carbocycles. The Hall–Kier alpha value is -2.49. The van der Waals surface area contributed by atoms with Gasteiger partial charge in [-0.3, -0.25) is 4.98 Å². The number of hydrogen-bond donors (Lipinski definition) is 1. The van der Waals surface area contributed by atoms with E-state index in [9.17, 15) is 0 Å². The molecule has 3 rings (SSSR count). The molecule has 0 saturated carbocycles. The first-order valence-corrected chi connectivity index (χ1v) is 6.19. The molecule has 0 atom stereocenters. The second-order valence-electron chi connectivity index (χ2n) is 4.40. The highest BCUT2D eigenvalue weighted by Gasteiger charge is 2.03. The van der Waals surface area contributed by atoms with Crippen molar-refractivity contribution in [3.63, 3.8) is 0 Å². The van der Waals surface area contributed by atoms with E-state index in [1.165, 1.54) is 5.56 Å². The quantitative estimate of drug-likeness (QED) is 0.776. The highest BCUT2D eigenvalue weighted by molar-refractivity contribution is 5.90. The Bertz CT molecular complexity index is 704. The number of fused-ring (bicyclic) bond motifs is 1. The second kappa shape index (κ2) is 5.02. The Morgan fingerprint density at radius 3 is 2.89 bits per heavy atom. The Balaban J connectivity index is 1.88. The monoisotopic (exact) mass is 250 g/mol. The molecule has 1 N–H and O–H groups in total. The Morgan fingerprint density at radius 2 is 2.00 bits per heavy atom. The minimum atomic E-state index is 0.683. The molecule has 4 nitrogen and oxygen atoms in total. The first-order chi connectivity index (χ1) is 9.34. The van der Waals surface area contributed by atoms with Gasteiger partial charge in [-0.2, -0.15) is 10.2 Å². The summed E-state index contributed by atoms with van der Waals surface area (Å²) in [6.07, 6.45) is 3.56. The summed E-state index contributed by atoms with van der Waals surface area (Å²) in [5.41, 5.74) is 4.10. The number of anilines is 1. The van der Waals surface area contributed by atoms with Gasteiger partial charge in [0.25, 0.3) is 0 Å². The van der Waals surface area contributed by atoms with Gasteiger partial charge in [0.2, 0.25) is 0 Å². The van der Waals surface area contributed by atoms with Crippen molar-refractivity contribution >= 4 is 16.6 Å². The first-order valence-electron chi connectivity index (χ1n) is 6.19. The summed E-state index contributed by atoms with van der Waals surface area (Å²) in [5.74, 6) is 0. The van der Waals surface area contributed by atoms with E-state index >= 15 is 0 Å². The van der Waals surface area contributed by atoms with E-state index in [0.717, 1.165) is 22.3 Å². The van der Waals surface area contributed by atoms with Crippen LogP contribution in [0.3, 0.4) is 0 Å². The standard InChI is InChI=1S/C15H14N4/c1-11-5-4-8-16-14(11)9-17-15-10-18-19-13-7-3-2-6-12(13)15/h2-8,10H,9H2,1H3,(H,17,19). The van der Waals surface area contributed by atoms with Crippen LogP contribution in [0.4, 0.5) is 5.69 Å². The van der Waals surface area contributed by atoms with Crippen LogP contribution in [-0.2, 0) is 6.54 Å². The normalized spacial score (nSPS) is 10.6. The molecule has 3 aromatic rings. The summed E-state index contributed by atoms with van der Waals surface area (Å²) >= 11 is 0. The number of rotatable bonds is 3. The van der Waals surface area contributed by atoms with Crippen molar-refractivity contribution in [2.75, 3.05) is 5.32 Å². The number of pyridine rings is 1. The zero-order valence-corrected chi connectivity index (χ0v) is 10.7. The topological polar surface area (TPSA) is 50.7 Å². The van der Waals surface area contributed by atoms with E-state index < -0.39 is 0 Å². The van der Waals surface area contributed by atoms with Gasteiger partial charge in [-0.1, -0.05) is 24.3 Å². The van der Waals surface area contributed by atoms with E-state index in [-0.39, 0.29) is 0 Å². The van der Waals surface area contributed by atoms with Crippen molar-refractivity contribution in [1.82, 2.24) is 15.2 Å². The van der Waals surface area contributed by atoms with E-state index in [4.69, 9.17) is 0 Å². The highest BCUT2D eigenvalue weighted by atomic mass is 15.1. The molecule has 2 heterocycles. The minimum Gasteiger partial charge on any atom is -0.378 e. The fraction of sp³-hybridized carbons (Fsp3) is 0.133. The number of nitrogens with one attached hydrogen (secondary N) is 1. The van der Waals surface area contributed by atoms with Crippen LogP contribution in [0.1, 0.15) is 11.3 Å². The lowest BCUT2D eigenvalue weighted by atomic mass is 10.2. The van der Waals surface area contributed by atoms with Crippen molar-refractivity contribution in [3.05, 3.63) is 60.0 Å². The molecule has 94 valence electrons. The predicted octanol–water partition coefficient (Wildman–Crippen LogP) is 2.95. The molecule has 0 radical (unpaired) electrons. The predicted molar refractivity (Wildman–Crippen MR) is 75.8 cm³/mol. The van der Waals surface area contributed by atoms with Gasteiger partial charge < -0.3 is 5.32 Å². The van der Waals surface area contributed by atoms with Crippen LogP contribution >= 0.6 is 0 Å². The largest absolute Gasteiger partial charge is 0.378 e. The van der Waals surface area contributed by atoms with Crippen molar-refractivity contribution < 1.29 is 0 Å². The molecule has 0 amide bonds. The molecule has 0 unspecified atom stereocenters. The lowest BCUT2D eigenvalue weighted by Crippen LogP contribution is -2.04. The molecular weight excluding hydrogens is 236 g/mol. The van der Waals surface area contributed by atoms with E-state index in [0.29, 0.717) is 6.54 Å². The van der Waals surface area contributed by atoms with Crippen LogP contribution in [0.5, 0.6) is 0 Å². The van der Waals surface area contributed by atoms with Crippen LogP contribution in [0, 0.1) is 6.92 Å². The summed E-state index contributed by atoms with van der Waals surface area (Å²) in [6, 6.07) is 12.0. The summed E-state index contributed by atoms with van der Waals surface area (Å²) in [7, 11) is 0. The van der Waals surface area contributed by atoms with E-state index in [1.54, 1.807) is 6.20 Å². The molecule has 0 bridgehead atoms. The zero-order valence-electron chi connectivity index (χ0n) is 10.7. The average Bonchev–Trinajstić information content (AvgIpc) is 2.46. The number of hydrogen-bond acceptors (Lipinski definition) is 4. The van der Waals surface area contributed by atoms with E-state index in [2.05, 4.69) is 33.5 Å². The van der Waals surface area contributed by atoms with Crippen LogP contribution in [-0.4, -0.2) is 15.2 Å². The third kappa shape index (κ3) is 2.38. The van der Waals surface area contributed by atoms with Crippen LogP contribution in [0.25, 0.3) is 10.9 Å². The molecule has 0 aliphatic heterocycles. The maximum absolute atomic E-state index is 4.37. The van der Waals surface area contributed by atoms with E-state index in [1.807, 2.05) is 36.5 Å². The summed E-state index contributed by atoms with van der Waals surface area (Å²) in [6.45, 7) is 2.75. The Morgan fingerprint density at radius 1 is 1.11 bits per heavy atom. The highest BCUT2D eigenvalue weighted by Crippen LogP contribution is 2.20. The molecule has 0 aliphatic rings. The van der Waals surface area contributed by atoms with Crippen molar-refractivity contribution in [3.8, 4) is 0 Å². The Labute approximate surface area is 111 Å². The maximum Gasteiger partial charge on any atom is 0.0950 e. The second-order valence-corrected chi connectivity index (χ2v) is 4.40. The third-order valence-electron chi connectivity index (χ3n) is 3.11. The molecular formula is C15H14N4. The number of nitrogens with zero attached hydrogens (tertiary/aromatic N) is 3. The molecule has 0 fully saturated rings. The SMILES string of the molecule is Cc1cccnc1CNc1cnnc2ccccc12. The fourth-order valence-corrected chi connectivity index (χ4v) is 2.03. The van der Waals surface area contributed by atoms with Crippen molar-refractivity contribution in [2.24, 2.45) is 0 Å². The number of aromatic nitrogens is 3. The van der Waals surface area contributed by atoms with Gasteiger partial charge in [0, 0.05) is 11.6 Å². The summed E-state index contributed by atoms with van der Waals surface area (Å²) < 4.78 is 0. The Kier molecular flexibility index (Phi) is 3.06. The van der Waals surface area contributed by atoms with Crippen LogP contribution in [0.2, 0.25) is 0 Å². The number of aryl methyl sites for hydroxylation is 1. The number of benzene rings is 1. The molecule has 0 saturated heterocycles. The summed E-state index contributed by atoms with van der Waals surface area (Å²) in [4.78, 5) is 4.37. The molecule has 2 aromatic heterocycles. The molecule has 0 aliphatic carbocycles. The zero-order chi connectivity index (χ0) is 13.1. The van der Waals surface area contributed by atoms with Crippen molar-refractivity contribution in [1.29, 1.82) is 0 Å². The lowest BCUT2D eigenvalue weighted by molar-refractivity contribution is 1.01. The van der Waals surface area contributed by atoms with Gasteiger partial charge >= 0.3 is 0 Å². The third-order valence-corrected chi connectivity index (χ3v) is 3.11. The molecule has 0 spiro atoms. The molecule has 4 heteroatoms. The van der Waals surface area contributed by atoms with Gasteiger partial charge in [0.15, 0.2) is 0 Å². The lowest BCUT2D eigenvalue weighted by Gasteiger charge is -2.09. The van der Waals surface area contributed by atoms with Gasteiger partial charge in [-0.05, 0) is 24.6 Å². The fourth-order valence-electron chi connectivity index (χ4n) is 2.03. The molecule has 19 heavy (non-hydrogen) atoms. The summed E-state index contributed by atoms with van der Waals surface area (Å²) in [5, 5.41) is 12.6. The smallest absolute Gasteiger partial charge is 0.0950 e. The van der Waals surface area contributed by atoms with Gasteiger partial charge in [-0.25, -0.2) is 0 Å². The van der Waals surface area contributed by atoms with Crippen molar-refractivity contribution in [2.45, 2.75) is 13.5 Å². The van der Waals surface area contributed by atoms with Gasteiger partial charge in [0.05, 0.1) is 29.6 Å². The minimum absolute atomic E-state index is 0.683. The first kappa shape index (κ1) is 11.6. The van der Waals surface area contributed by atoms with Gasteiger partial charge in [0.1, 0.15) is 0 Å². The van der Waals surface area contributed by atoms with Crippen LogP contribution in [0.15, 0.2) is 48.8 Å².